The molecule has 0 atom stereocenters. The van der Waals surface area contributed by atoms with E-state index in [2.05, 4.69) is 40.4 Å². The lowest BCUT2D eigenvalue weighted by Gasteiger charge is -2.15. The van der Waals surface area contributed by atoms with Gasteiger partial charge in [0.25, 0.3) is 5.91 Å². The van der Waals surface area contributed by atoms with E-state index < -0.39 is 0 Å². The van der Waals surface area contributed by atoms with Gasteiger partial charge in [-0.1, -0.05) is 32.0 Å². The van der Waals surface area contributed by atoms with Crippen molar-refractivity contribution < 1.29 is 4.79 Å². The summed E-state index contributed by atoms with van der Waals surface area (Å²) in [5.74, 6) is 0.903. The predicted octanol–water partition coefficient (Wildman–Crippen LogP) is 3.18. The first kappa shape index (κ1) is 17.7. The second-order valence-electron chi connectivity index (χ2n) is 6.93. The minimum atomic E-state index is -0.323. The van der Waals surface area contributed by atoms with Gasteiger partial charge in [0.05, 0.1) is 17.6 Å². The van der Waals surface area contributed by atoms with Crippen LogP contribution in [0.2, 0.25) is 0 Å². The molecule has 1 aromatic carbocycles. The van der Waals surface area contributed by atoms with Crippen molar-refractivity contribution in [3.8, 4) is 5.69 Å². The van der Waals surface area contributed by atoms with Crippen LogP contribution in [0.4, 0.5) is 11.6 Å². The minimum Gasteiger partial charge on any atom is -0.384 e. The number of aromatic nitrogens is 5. The number of hydrogen-bond acceptors (Lipinski definition) is 5. The first-order chi connectivity index (χ1) is 13.4. The molecule has 3 aromatic heterocycles. The van der Waals surface area contributed by atoms with Gasteiger partial charge in [-0.25, -0.2) is 14.2 Å². The second-order valence-corrected chi connectivity index (χ2v) is 6.93. The molecule has 0 spiro atoms. The Hall–Kier alpha value is -3.68. The average Bonchev–Trinajstić information content (AvgIpc) is 3.24. The van der Waals surface area contributed by atoms with Gasteiger partial charge in [-0.2, -0.15) is 10.2 Å². The lowest BCUT2D eigenvalue weighted by molar-refractivity contribution is 0.102. The third kappa shape index (κ3) is 3.09. The van der Waals surface area contributed by atoms with E-state index >= 15 is 0 Å². The average molecular weight is 375 g/mol. The first-order valence-corrected chi connectivity index (χ1v) is 9.01. The lowest BCUT2D eigenvalue weighted by atomic mass is 10.0. The lowest BCUT2D eigenvalue weighted by Crippen LogP contribution is -2.16. The number of para-hydroxylation sites is 1. The third-order valence-corrected chi connectivity index (χ3v) is 4.50. The van der Waals surface area contributed by atoms with Crippen molar-refractivity contribution in [1.29, 1.82) is 0 Å². The zero-order chi connectivity index (χ0) is 19.8. The van der Waals surface area contributed by atoms with E-state index in [4.69, 9.17) is 5.73 Å². The molecule has 0 saturated heterocycles. The minimum absolute atomic E-state index is 0.316. The van der Waals surface area contributed by atoms with Crippen LogP contribution in [0, 0.1) is 6.92 Å². The highest BCUT2D eigenvalue weighted by Gasteiger charge is 2.19. The number of hydrogen-bond donors (Lipinski definition) is 2. The molecule has 0 saturated carbocycles. The molecule has 4 aromatic rings. The van der Waals surface area contributed by atoms with E-state index in [-0.39, 0.29) is 5.91 Å². The zero-order valence-corrected chi connectivity index (χ0v) is 15.9. The molecule has 0 aliphatic rings. The Labute approximate surface area is 162 Å². The summed E-state index contributed by atoms with van der Waals surface area (Å²) in [4.78, 5) is 17.1. The second kappa shape index (κ2) is 6.80. The van der Waals surface area contributed by atoms with Gasteiger partial charge in [-0.3, -0.25) is 4.79 Å². The van der Waals surface area contributed by atoms with Crippen molar-refractivity contribution >= 4 is 23.2 Å². The number of fused-ring (bicyclic) bond motifs is 1. The van der Waals surface area contributed by atoms with E-state index in [1.165, 1.54) is 10.7 Å². The molecule has 3 N–H and O–H groups in total. The summed E-state index contributed by atoms with van der Waals surface area (Å²) in [7, 11) is 0. The number of rotatable bonds is 4. The Bertz CT molecular complexity index is 1170. The molecule has 0 unspecified atom stereocenters. The van der Waals surface area contributed by atoms with Gasteiger partial charge in [0.1, 0.15) is 17.2 Å². The van der Waals surface area contributed by atoms with Gasteiger partial charge in [-0.05, 0) is 30.5 Å². The number of nitrogens with two attached hydrogens (primary N) is 1. The van der Waals surface area contributed by atoms with Crippen LogP contribution in [0.1, 0.15) is 41.4 Å². The smallest absolute Gasteiger partial charge is 0.262 e. The highest BCUT2D eigenvalue weighted by atomic mass is 16.1. The number of amides is 1. The number of carbonyl (C=O) groups excluding carboxylic acids is 1. The molecule has 0 fully saturated rings. The van der Waals surface area contributed by atoms with Gasteiger partial charge < -0.3 is 11.1 Å². The van der Waals surface area contributed by atoms with Crippen LogP contribution in [0.5, 0.6) is 0 Å². The van der Waals surface area contributed by atoms with Crippen molar-refractivity contribution in [2.75, 3.05) is 11.1 Å². The third-order valence-electron chi connectivity index (χ3n) is 4.50. The summed E-state index contributed by atoms with van der Waals surface area (Å²) < 4.78 is 3.28. The Kier molecular flexibility index (Phi) is 4.31. The molecule has 3 heterocycles. The van der Waals surface area contributed by atoms with Crippen molar-refractivity contribution in [2.24, 2.45) is 0 Å². The number of nitrogen functional groups attached to an aromatic ring is 1. The molecule has 4 rings (SSSR count). The fraction of sp³-hybridized carbons (Fsp3) is 0.200. The normalized spacial score (nSPS) is 11.3. The van der Waals surface area contributed by atoms with Gasteiger partial charge >= 0.3 is 0 Å². The highest BCUT2D eigenvalue weighted by Crippen LogP contribution is 2.26. The number of anilines is 2. The molecule has 0 bridgehead atoms. The number of carbonyl (C=O) groups is 1. The van der Waals surface area contributed by atoms with Crippen LogP contribution in [0.15, 0.2) is 48.8 Å². The largest absolute Gasteiger partial charge is 0.384 e. The van der Waals surface area contributed by atoms with Crippen molar-refractivity contribution in [3.05, 3.63) is 65.6 Å². The van der Waals surface area contributed by atoms with Gasteiger partial charge in [-0.15, -0.1) is 0 Å². The predicted molar refractivity (Wildman–Crippen MR) is 108 cm³/mol. The van der Waals surface area contributed by atoms with E-state index in [1.54, 1.807) is 16.9 Å². The molecule has 0 radical (unpaired) electrons. The summed E-state index contributed by atoms with van der Waals surface area (Å²) >= 11 is 0. The number of nitrogens with zero attached hydrogens (tertiary/aromatic N) is 5. The van der Waals surface area contributed by atoms with E-state index in [1.807, 2.05) is 31.2 Å². The molecule has 8 nitrogen and oxygen atoms in total. The monoisotopic (exact) mass is 375 g/mol. The summed E-state index contributed by atoms with van der Waals surface area (Å²) in [5.41, 5.74) is 9.38. The Morgan fingerprint density at radius 2 is 2.00 bits per heavy atom. The van der Waals surface area contributed by atoms with Crippen LogP contribution in [-0.4, -0.2) is 30.3 Å². The van der Waals surface area contributed by atoms with Crippen molar-refractivity contribution in [1.82, 2.24) is 24.4 Å². The highest BCUT2D eigenvalue weighted by molar-refractivity contribution is 6.08. The maximum Gasteiger partial charge on any atom is 0.262 e. The van der Waals surface area contributed by atoms with Crippen LogP contribution in [0.25, 0.3) is 11.3 Å². The van der Waals surface area contributed by atoms with Crippen LogP contribution >= 0.6 is 0 Å². The summed E-state index contributed by atoms with van der Waals surface area (Å²) in [6, 6.07) is 11.5. The molecule has 0 aliphatic heterocycles. The molecular weight excluding hydrogens is 354 g/mol. The maximum atomic E-state index is 12.9. The number of nitrogens with one attached hydrogen (secondary N) is 1. The maximum absolute atomic E-state index is 12.9. The summed E-state index contributed by atoms with van der Waals surface area (Å²) in [6.07, 6.45) is 3.15. The van der Waals surface area contributed by atoms with Gasteiger partial charge in [0.15, 0.2) is 5.65 Å². The molecular formula is C20H21N7O. The fourth-order valence-electron chi connectivity index (χ4n) is 3.17. The Morgan fingerprint density at radius 3 is 2.79 bits per heavy atom. The Balaban J connectivity index is 1.73. The van der Waals surface area contributed by atoms with E-state index in [9.17, 15) is 4.79 Å². The number of aryl methyl sites for hydroxylation is 1. The molecule has 142 valence electrons. The number of benzene rings is 1. The van der Waals surface area contributed by atoms with Crippen molar-refractivity contribution in [3.63, 3.8) is 0 Å². The Morgan fingerprint density at radius 1 is 1.21 bits per heavy atom. The fourth-order valence-corrected chi connectivity index (χ4v) is 3.17. The standard InChI is InChI=1S/C20H21N7O/c1-12(2)14-6-4-5-7-16(14)27-18(10-13(3)25-27)24-20(28)15-11-22-26-9-8-17(21)23-19(15)26/h4-12H,1-3H3,(H2,21,23)(H,24,28). The molecule has 8 heteroatoms. The van der Waals surface area contributed by atoms with Crippen molar-refractivity contribution in [2.45, 2.75) is 26.7 Å². The molecule has 1 amide bonds. The quantitative estimate of drug-likeness (QED) is 0.570. The van der Waals surface area contributed by atoms with Crippen LogP contribution in [0.3, 0.4) is 0 Å². The molecule has 0 aliphatic carbocycles. The molecule has 28 heavy (non-hydrogen) atoms. The summed E-state index contributed by atoms with van der Waals surface area (Å²) in [5, 5.41) is 11.7. The van der Waals surface area contributed by atoms with E-state index in [0.29, 0.717) is 28.8 Å². The van der Waals surface area contributed by atoms with E-state index in [0.717, 1.165) is 16.9 Å². The van der Waals surface area contributed by atoms with Crippen LogP contribution < -0.4 is 11.1 Å². The first-order valence-electron chi connectivity index (χ1n) is 9.01. The van der Waals surface area contributed by atoms with Gasteiger partial charge in [0, 0.05) is 12.3 Å². The van der Waals surface area contributed by atoms with Gasteiger partial charge in [0.2, 0.25) is 0 Å². The summed E-state index contributed by atoms with van der Waals surface area (Å²) in [6.45, 7) is 6.15. The zero-order valence-electron chi connectivity index (χ0n) is 15.9. The topological polar surface area (TPSA) is 103 Å². The van der Waals surface area contributed by atoms with Crippen LogP contribution in [-0.2, 0) is 0 Å². The SMILES string of the molecule is Cc1cc(NC(=O)c2cnn3ccc(N)nc23)n(-c2ccccc2C(C)C)n1.